The van der Waals surface area contributed by atoms with E-state index in [0.717, 1.165) is 0 Å². The lowest BCUT2D eigenvalue weighted by Crippen LogP contribution is -1.79. The average Bonchev–Trinajstić information content (AvgIpc) is 1.86. The molecule has 0 fully saturated rings. The number of aliphatic hydroxyl groups excluding tert-OH is 2. The van der Waals surface area contributed by atoms with E-state index < -0.39 is 27.9 Å². The van der Waals surface area contributed by atoms with Crippen molar-refractivity contribution >= 4 is 15.2 Å². The van der Waals surface area contributed by atoms with Crippen molar-refractivity contribution in [1.29, 1.82) is 6.44 Å². The molecule has 3 unspecified atom stereocenters. The van der Waals surface area contributed by atoms with Gasteiger partial charge in [-0.15, -0.1) is 0 Å². The minimum atomic E-state index is -3.47. The maximum absolute atomic E-state index is 8.85. The zero-order valence-electron chi connectivity index (χ0n) is 6.02. The van der Waals surface area contributed by atoms with Gasteiger partial charge >= 0.3 is 0 Å². The van der Waals surface area contributed by atoms with Crippen molar-refractivity contribution in [1.82, 2.24) is 0 Å². The van der Waals surface area contributed by atoms with Crippen molar-refractivity contribution in [3.05, 3.63) is 0 Å². The molecular weight excluding hydrogens is 148 g/mol. The molecule has 0 radical (unpaired) electrons. The van der Waals surface area contributed by atoms with Gasteiger partial charge in [-0.05, 0) is 8.21 Å². The molecule has 6 heteroatoms. The van der Waals surface area contributed by atoms with Crippen molar-refractivity contribution < 1.29 is 16.5 Å². The Hall–Kier alpha value is 0.540. The van der Waals surface area contributed by atoms with Crippen LogP contribution in [0.5, 0.6) is 0 Å². The second-order valence-electron chi connectivity index (χ2n) is 1.10. The molecule has 0 spiro atoms. The van der Waals surface area contributed by atoms with Gasteiger partial charge in [-0.3, -0.25) is 5.16 Å². The predicted octanol–water partition coefficient (Wildman–Crippen LogP) is 0.167. The Morgan fingerprint density at radius 2 is 2.50 bits per heavy atom. The quantitative estimate of drug-likeness (QED) is 0.444. The fourth-order valence-electron chi connectivity index (χ4n) is 0.122. The average molecular weight is 160 g/mol. The molecule has 0 aliphatic rings. The topological polar surface area (TPSA) is 84.5 Å². The highest BCUT2D eigenvalue weighted by molar-refractivity contribution is 8.22. The first-order chi connectivity index (χ1) is 4.41. The summed E-state index contributed by atoms with van der Waals surface area (Å²) in [6.45, 7) is -3.47. The fraction of sp³-hybridized carbons (Fsp3) is 1.00. The van der Waals surface area contributed by atoms with E-state index in [1.165, 1.54) is 0 Å². The van der Waals surface area contributed by atoms with Crippen LogP contribution in [0, 0.1) is 5.16 Å². The lowest BCUT2D eigenvalue weighted by molar-refractivity contribution is 0.354. The van der Waals surface area contributed by atoms with Crippen LogP contribution in [0.15, 0.2) is 0 Å². The molecule has 0 aromatic carbocycles. The zero-order valence-corrected chi connectivity index (χ0v) is 5.81. The third-order valence-corrected chi connectivity index (χ3v) is 3.16. The summed E-state index contributed by atoms with van der Waals surface area (Å²) in [5.74, 6) is 0. The lowest BCUT2D eigenvalue weighted by atomic mass is 11.7. The molecule has 0 aliphatic heterocycles. The number of aliphatic hydroxyl groups is 2. The number of hydrogen-bond donors (Lipinski definition) is 4. The van der Waals surface area contributed by atoms with E-state index >= 15 is 0 Å². The standard InChI is InChI=1S/C2H9NO3P2/c3-8(6,2-5)7-1-4/h4-5,7H,1-2H2,(H2,3,6)/i1T,7D. The third kappa shape index (κ3) is 3.53. The molecule has 0 amide bonds. The van der Waals surface area contributed by atoms with Crippen LogP contribution in [0.2, 0.25) is 0 Å². The Kier molecular flexibility index (Phi) is 2.36. The normalized spacial score (nSPS) is 29.4. The van der Waals surface area contributed by atoms with Crippen molar-refractivity contribution in [2.24, 2.45) is 0 Å². The van der Waals surface area contributed by atoms with E-state index in [0.29, 0.717) is 0 Å². The highest BCUT2D eigenvalue weighted by Crippen LogP contribution is 2.58. The summed E-state index contributed by atoms with van der Waals surface area (Å²) in [6.07, 6.45) is -2.57. The first-order valence-corrected chi connectivity index (χ1v) is 5.37. The molecule has 0 saturated heterocycles. The molecule has 4 N–H and O–H groups in total. The molecule has 0 aromatic rings. The van der Waals surface area contributed by atoms with E-state index in [1.807, 2.05) is 0 Å². The van der Waals surface area contributed by atoms with Crippen LogP contribution in [0.25, 0.3) is 0 Å². The van der Waals surface area contributed by atoms with Gasteiger partial charge in [0.1, 0.15) is 13.3 Å². The van der Waals surface area contributed by atoms with Crippen LogP contribution < -0.4 is 0 Å². The molecule has 0 aliphatic carbocycles. The molecule has 0 aromatic heterocycles. The SMILES string of the molecule is [2H]P(C([3H])O)P(=N)(O)CO. The summed E-state index contributed by atoms with van der Waals surface area (Å²) in [5, 5.41) is 23.6. The third-order valence-electron chi connectivity index (χ3n) is 0.440. The second kappa shape index (κ2) is 3.54. The van der Waals surface area contributed by atoms with Crippen molar-refractivity contribution in [2.75, 3.05) is 12.7 Å². The highest BCUT2D eigenvalue weighted by Gasteiger charge is 2.07. The minimum absolute atomic E-state index is 0.821. The number of hydrogen-bond acceptors (Lipinski definition) is 3. The monoisotopic (exact) mass is 160 g/mol. The van der Waals surface area contributed by atoms with Gasteiger partial charge in [-0.1, -0.05) is 0 Å². The zero-order chi connectivity index (χ0) is 8.36. The van der Waals surface area contributed by atoms with Gasteiger partial charge in [0.2, 0.25) is 0 Å². The van der Waals surface area contributed by atoms with Crippen LogP contribution in [0.4, 0.5) is 0 Å². The van der Waals surface area contributed by atoms with Gasteiger partial charge in [-0.2, -0.15) is 0 Å². The Morgan fingerprint density at radius 1 is 2.00 bits per heavy atom. The first-order valence-electron chi connectivity index (χ1n) is 2.80. The van der Waals surface area contributed by atoms with Crippen LogP contribution >= 0.6 is 15.2 Å². The van der Waals surface area contributed by atoms with Gasteiger partial charge in [0, 0.05) is 0 Å². The van der Waals surface area contributed by atoms with E-state index in [1.54, 1.807) is 0 Å². The summed E-state index contributed by atoms with van der Waals surface area (Å²) >= 11 is 0. The van der Waals surface area contributed by atoms with E-state index in [4.69, 9.17) is 22.9 Å². The van der Waals surface area contributed by atoms with E-state index in [2.05, 4.69) is 0 Å². The molecule has 50 valence electrons. The van der Waals surface area contributed by atoms with Crippen LogP contribution in [0.1, 0.15) is 1.37 Å². The first kappa shape index (κ1) is 5.33. The van der Waals surface area contributed by atoms with Gasteiger partial charge in [0.25, 0.3) is 0 Å². The highest BCUT2D eigenvalue weighted by atomic mass is 32.1. The minimum Gasteiger partial charge on any atom is -0.392 e. The van der Waals surface area contributed by atoms with Gasteiger partial charge in [0.15, 0.2) is 0 Å². The summed E-state index contributed by atoms with van der Waals surface area (Å²) in [5.41, 5.74) is 0. The summed E-state index contributed by atoms with van der Waals surface area (Å²) in [4.78, 5) is 8.85. The molecule has 0 bridgehead atoms. The number of nitrogens with one attached hydrogen (secondary N) is 1. The Bertz CT molecular complexity index is 153. The molecule has 0 rings (SSSR count). The smallest absolute Gasteiger partial charge is 0.124 e. The second-order valence-corrected chi connectivity index (χ2v) is 5.99. The summed E-state index contributed by atoms with van der Waals surface area (Å²) < 4.78 is 13.5. The molecule has 8 heavy (non-hydrogen) atoms. The van der Waals surface area contributed by atoms with E-state index in [9.17, 15) is 0 Å². The Balaban J connectivity index is 4.19. The van der Waals surface area contributed by atoms with Gasteiger partial charge in [-0.25, -0.2) is 0 Å². The van der Waals surface area contributed by atoms with Gasteiger partial charge in [0.05, 0.1) is 8.97 Å². The maximum Gasteiger partial charge on any atom is 0.124 e. The number of rotatable bonds is 3. The Labute approximate surface area is 51.8 Å². The molecule has 0 saturated carbocycles. The van der Waals surface area contributed by atoms with Crippen molar-refractivity contribution in [3.8, 4) is 0 Å². The molecular formula is C2H9NO3P2. The van der Waals surface area contributed by atoms with Gasteiger partial charge < -0.3 is 15.1 Å². The lowest BCUT2D eigenvalue weighted by Gasteiger charge is -2.08. The van der Waals surface area contributed by atoms with Crippen LogP contribution in [-0.4, -0.2) is 29.1 Å². The van der Waals surface area contributed by atoms with Crippen LogP contribution in [-0.2, 0) is 0 Å². The largest absolute Gasteiger partial charge is 0.392 e. The summed E-state index contributed by atoms with van der Waals surface area (Å²) in [6, 6.07) is 0. The molecule has 3 atom stereocenters. The van der Waals surface area contributed by atoms with Crippen molar-refractivity contribution in [2.45, 2.75) is 0 Å². The predicted molar refractivity (Wildman–Crippen MR) is 34.3 cm³/mol. The molecule has 4 nitrogen and oxygen atoms in total. The fourth-order valence-corrected chi connectivity index (χ4v) is 1.10. The molecule has 0 heterocycles. The van der Waals surface area contributed by atoms with Crippen molar-refractivity contribution in [3.63, 3.8) is 0 Å². The Morgan fingerprint density at radius 3 is 2.62 bits per heavy atom. The van der Waals surface area contributed by atoms with E-state index in [-0.39, 0.29) is 0 Å². The summed E-state index contributed by atoms with van der Waals surface area (Å²) in [7, 11) is -2.23. The van der Waals surface area contributed by atoms with Crippen LogP contribution in [0.3, 0.4) is 0 Å². The maximum atomic E-state index is 8.85.